The second-order valence-electron chi connectivity index (χ2n) is 4.91. The van der Waals surface area contributed by atoms with Gasteiger partial charge in [-0.2, -0.15) is 0 Å². The van der Waals surface area contributed by atoms with E-state index in [-0.39, 0.29) is 11.8 Å². The molecule has 2 rings (SSSR count). The highest BCUT2D eigenvalue weighted by Crippen LogP contribution is 2.23. The van der Waals surface area contributed by atoms with E-state index in [1.807, 2.05) is 11.4 Å². The van der Waals surface area contributed by atoms with Crippen LogP contribution in [0.2, 0.25) is 0 Å². The van der Waals surface area contributed by atoms with E-state index in [2.05, 4.69) is 10.6 Å². The third-order valence-electron chi connectivity index (χ3n) is 3.32. The molecule has 0 aliphatic rings. The molecule has 1 heterocycles. The lowest BCUT2D eigenvalue weighted by molar-refractivity contribution is 0.0949. The second kappa shape index (κ2) is 8.93. The van der Waals surface area contributed by atoms with E-state index in [0.717, 1.165) is 0 Å². The molecule has 0 unspecified atom stereocenters. The summed E-state index contributed by atoms with van der Waals surface area (Å²) >= 11 is 1.40. The highest BCUT2D eigenvalue weighted by Gasteiger charge is 2.13. The van der Waals surface area contributed by atoms with Crippen molar-refractivity contribution in [3.8, 4) is 11.5 Å². The molecule has 1 aromatic carbocycles. The van der Waals surface area contributed by atoms with Crippen LogP contribution in [0, 0.1) is 0 Å². The van der Waals surface area contributed by atoms with E-state index in [0.29, 0.717) is 41.4 Å². The first kappa shape index (κ1) is 17.8. The first-order valence-corrected chi connectivity index (χ1v) is 8.35. The summed E-state index contributed by atoms with van der Waals surface area (Å²) in [7, 11) is 3.05. The van der Waals surface area contributed by atoms with Crippen LogP contribution in [0.15, 0.2) is 35.7 Å². The quantitative estimate of drug-likeness (QED) is 0.718. The predicted molar refractivity (Wildman–Crippen MR) is 93.1 cm³/mol. The molecule has 2 aromatic rings. The number of rotatable bonds is 8. The van der Waals surface area contributed by atoms with Gasteiger partial charge in [0.2, 0.25) is 0 Å². The average Bonchev–Trinajstić information content (AvgIpc) is 3.15. The number of carbonyl (C=O) groups excluding carboxylic acids is 2. The minimum Gasteiger partial charge on any atom is -0.497 e. The highest BCUT2D eigenvalue weighted by molar-refractivity contribution is 7.12. The van der Waals surface area contributed by atoms with Crippen LogP contribution in [0.25, 0.3) is 0 Å². The summed E-state index contributed by atoms with van der Waals surface area (Å²) in [6.07, 6.45) is 0.634. The molecule has 0 spiro atoms. The molecule has 24 heavy (non-hydrogen) atoms. The normalized spacial score (nSPS) is 10.1. The lowest BCUT2D eigenvalue weighted by Gasteiger charge is -2.11. The van der Waals surface area contributed by atoms with Gasteiger partial charge in [-0.25, -0.2) is 0 Å². The third kappa shape index (κ3) is 4.73. The number of nitrogens with one attached hydrogen (secondary N) is 2. The zero-order chi connectivity index (χ0) is 17.4. The van der Waals surface area contributed by atoms with Crippen LogP contribution < -0.4 is 20.1 Å². The molecule has 0 saturated carbocycles. The standard InChI is InChI=1S/C17H20N2O4S/c1-22-12-6-7-14(23-2)13(11-12)16(20)18-8-4-9-19-17(21)15-5-3-10-24-15/h3,5-7,10-11H,4,8-9H2,1-2H3,(H,18,20)(H,19,21). The lowest BCUT2D eigenvalue weighted by atomic mass is 10.1. The molecule has 0 atom stereocenters. The van der Waals surface area contributed by atoms with Crippen LogP contribution in [-0.4, -0.2) is 39.1 Å². The van der Waals surface area contributed by atoms with Crippen LogP contribution in [0.3, 0.4) is 0 Å². The number of carbonyl (C=O) groups is 2. The molecule has 0 aliphatic carbocycles. The predicted octanol–water partition coefficient (Wildman–Crippen LogP) is 2.32. The van der Waals surface area contributed by atoms with E-state index in [1.54, 1.807) is 31.4 Å². The molecule has 0 saturated heterocycles. The number of hydrogen-bond acceptors (Lipinski definition) is 5. The number of amides is 2. The summed E-state index contributed by atoms with van der Waals surface area (Å²) in [5, 5.41) is 7.48. The zero-order valence-corrected chi connectivity index (χ0v) is 14.4. The molecule has 0 radical (unpaired) electrons. The molecule has 0 aliphatic heterocycles. The third-order valence-corrected chi connectivity index (χ3v) is 4.19. The van der Waals surface area contributed by atoms with Crippen molar-refractivity contribution in [2.24, 2.45) is 0 Å². The topological polar surface area (TPSA) is 76.7 Å². The summed E-state index contributed by atoms with van der Waals surface area (Å²) in [5.74, 6) is 0.740. The summed E-state index contributed by atoms with van der Waals surface area (Å²) < 4.78 is 10.3. The number of ether oxygens (including phenoxy) is 2. The Morgan fingerprint density at radius 2 is 1.79 bits per heavy atom. The number of benzene rings is 1. The van der Waals surface area contributed by atoms with Gasteiger partial charge < -0.3 is 20.1 Å². The monoisotopic (exact) mass is 348 g/mol. The van der Waals surface area contributed by atoms with Crippen molar-refractivity contribution in [2.45, 2.75) is 6.42 Å². The fourth-order valence-corrected chi connectivity index (χ4v) is 2.71. The van der Waals surface area contributed by atoms with Crippen molar-refractivity contribution in [1.29, 1.82) is 0 Å². The van der Waals surface area contributed by atoms with Crippen molar-refractivity contribution in [2.75, 3.05) is 27.3 Å². The molecular formula is C17H20N2O4S. The van der Waals surface area contributed by atoms with Gasteiger partial charge >= 0.3 is 0 Å². The Morgan fingerprint density at radius 3 is 2.42 bits per heavy atom. The Balaban J connectivity index is 1.78. The van der Waals surface area contributed by atoms with Crippen LogP contribution in [0.5, 0.6) is 11.5 Å². The van der Waals surface area contributed by atoms with Crippen molar-refractivity contribution in [1.82, 2.24) is 10.6 Å². The Bertz CT molecular complexity index is 686. The molecule has 1 aromatic heterocycles. The smallest absolute Gasteiger partial charge is 0.261 e. The summed E-state index contributed by atoms with van der Waals surface area (Å²) in [6, 6.07) is 8.66. The van der Waals surface area contributed by atoms with Crippen molar-refractivity contribution in [3.63, 3.8) is 0 Å². The lowest BCUT2D eigenvalue weighted by Crippen LogP contribution is -2.29. The zero-order valence-electron chi connectivity index (χ0n) is 13.6. The van der Waals surface area contributed by atoms with Crippen LogP contribution in [0.1, 0.15) is 26.5 Å². The van der Waals surface area contributed by atoms with Gasteiger partial charge in [-0.3, -0.25) is 9.59 Å². The fourth-order valence-electron chi connectivity index (χ4n) is 2.07. The van der Waals surface area contributed by atoms with E-state index in [4.69, 9.17) is 9.47 Å². The largest absolute Gasteiger partial charge is 0.497 e. The molecular weight excluding hydrogens is 328 g/mol. The minimum absolute atomic E-state index is 0.0919. The number of thiophene rings is 1. The molecule has 2 N–H and O–H groups in total. The number of methoxy groups -OCH3 is 2. The average molecular weight is 348 g/mol. The van der Waals surface area contributed by atoms with Gasteiger partial charge in [-0.05, 0) is 36.1 Å². The van der Waals surface area contributed by atoms with Gasteiger partial charge in [0.25, 0.3) is 11.8 Å². The van der Waals surface area contributed by atoms with Gasteiger partial charge in [-0.1, -0.05) is 6.07 Å². The van der Waals surface area contributed by atoms with Gasteiger partial charge in [0.1, 0.15) is 11.5 Å². The van der Waals surface area contributed by atoms with E-state index >= 15 is 0 Å². The number of hydrogen-bond donors (Lipinski definition) is 2. The van der Waals surface area contributed by atoms with Gasteiger partial charge in [0, 0.05) is 13.1 Å². The Labute approximate surface area is 144 Å². The second-order valence-corrected chi connectivity index (χ2v) is 5.86. The van der Waals surface area contributed by atoms with Gasteiger partial charge in [0.05, 0.1) is 24.7 Å². The summed E-state index contributed by atoms with van der Waals surface area (Å²) in [4.78, 5) is 24.7. The molecule has 6 nitrogen and oxygen atoms in total. The summed E-state index contributed by atoms with van der Waals surface area (Å²) in [5.41, 5.74) is 0.416. The molecule has 0 bridgehead atoms. The maximum Gasteiger partial charge on any atom is 0.261 e. The van der Waals surface area contributed by atoms with Gasteiger partial charge in [0.15, 0.2) is 0 Å². The van der Waals surface area contributed by atoms with Crippen LogP contribution >= 0.6 is 11.3 Å². The van der Waals surface area contributed by atoms with E-state index < -0.39 is 0 Å². The SMILES string of the molecule is COc1ccc(OC)c(C(=O)NCCCNC(=O)c2cccs2)c1. The van der Waals surface area contributed by atoms with Gasteiger partial charge in [-0.15, -0.1) is 11.3 Å². The van der Waals surface area contributed by atoms with Crippen molar-refractivity contribution >= 4 is 23.2 Å². The molecule has 128 valence electrons. The Hall–Kier alpha value is -2.54. The van der Waals surface area contributed by atoms with Crippen LogP contribution in [-0.2, 0) is 0 Å². The fraction of sp³-hybridized carbons (Fsp3) is 0.294. The van der Waals surface area contributed by atoms with Crippen LogP contribution in [0.4, 0.5) is 0 Å². The Kier molecular flexibility index (Phi) is 6.62. The van der Waals surface area contributed by atoms with E-state index in [1.165, 1.54) is 18.4 Å². The first-order valence-electron chi connectivity index (χ1n) is 7.47. The van der Waals surface area contributed by atoms with Crippen molar-refractivity contribution < 1.29 is 19.1 Å². The highest BCUT2D eigenvalue weighted by atomic mass is 32.1. The Morgan fingerprint density at radius 1 is 1.04 bits per heavy atom. The maximum atomic E-state index is 12.2. The molecule has 2 amide bonds. The van der Waals surface area contributed by atoms with E-state index in [9.17, 15) is 9.59 Å². The summed E-state index contributed by atoms with van der Waals surface area (Å²) in [6.45, 7) is 0.941. The van der Waals surface area contributed by atoms with Crippen molar-refractivity contribution in [3.05, 3.63) is 46.2 Å². The first-order chi connectivity index (χ1) is 11.7. The molecule has 0 fully saturated rings. The molecule has 7 heteroatoms. The maximum absolute atomic E-state index is 12.2. The minimum atomic E-state index is -0.240.